The lowest BCUT2D eigenvalue weighted by atomic mass is 9.35. The van der Waals surface area contributed by atoms with E-state index >= 15 is 0 Å². The fourth-order valence-corrected chi connectivity index (χ4v) is 15.2. The van der Waals surface area contributed by atoms with E-state index in [-0.39, 0.29) is 44.3 Å². The number of hydrogen-bond donors (Lipinski definition) is 16. The van der Waals surface area contributed by atoms with Crippen LogP contribution >= 0.6 is 0 Å². The Morgan fingerprint density at radius 2 is 1.34 bits per heavy atom. The number of esters is 1. The van der Waals surface area contributed by atoms with Crippen molar-refractivity contribution < 1.29 is 120 Å². The number of allylic oxidation sites excluding steroid dienone is 3. The molecule has 24 heteroatoms. The van der Waals surface area contributed by atoms with Crippen LogP contribution in [-0.2, 0) is 38.0 Å². The van der Waals surface area contributed by atoms with Crippen LogP contribution in [0.1, 0.15) is 92.9 Å². The molecule has 24 nitrogen and oxygen atoms in total. The van der Waals surface area contributed by atoms with E-state index in [4.69, 9.17) is 38.3 Å². The summed E-state index contributed by atoms with van der Waals surface area (Å²) in [6, 6.07) is 0. The van der Waals surface area contributed by atoms with E-state index < -0.39 is 188 Å². The van der Waals surface area contributed by atoms with Crippen molar-refractivity contribution in [2.24, 2.45) is 44.3 Å². The average molecular weight is 1110 g/mol. The summed E-state index contributed by atoms with van der Waals surface area (Å²) >= 11 is 0. The Morgan fingerprint density at radius 3 is 1.97 bits per heavy atom. The number of carbonyl (C=O) groups excluding carboxylic acids is 1. The van der Waals surface area contributed by atoms with Gasteiger partial charge < -0.3 is 115 Å². The van der Waals surface area contributed by atoms with Crippen LogP contribution in [0, 0.1) is 44.3 Å². The zero-order valence-corrected chi connectivity index (χ0v) is 44.7. The van der Waals surface area contributed by atoms with Gasteiger partial charge in [0.05, 0.1) is 56.8 Å². The van der Waals surface area contributed by atoms with Crippen LogP contribution in [0.25, 0.3) is 0 Å². The summed E-state index contributed by atoms with van der Waals surface area (Å²) in [5.41, 5.74) is -3.22. The number of aliphatic hydroxyl groups excluding tert-OH is 16. The smallest absolute Gasteiger partial charge is 0.312 e. The highest BCUT2D eigenvalue weighted by atomic mass is 16.7. The monoisotopic (exact) mass is 1110 g/mol. The Labute approximate surface area is 447 Å². The maximum Gasteiger partial charge on any atom is 0.312 e. The molecule has 0 aromatic carbocycles. The SMILES string of the molecule is C[C@H]1O[C@@H](O[C@H]2CC[C@@]3(C)[C@@H](CC[C@]4(C)[C@H]3C=CC3=C5C[C@@](C)(C(=O)OC[C@H]6O[C@@H](OC[C@H](O)[C@@H](O)[C@@H](O)CO)[C@H](O)[C@@H](O)[C@@H]6O)CC[C@]5(CO)[C@H](O)C[C@]34C)[C@]2(C)CO)[C@H](O)[C@@H](O[C@@H]2O[C@H](CO)[C@@H](O)[C@H](O)[C@H]2O)[C@H]1O. The van der Waals surface area contributed by atoms with Crippen molar-refractivity contribution in [3.05, 3.63) is 23.3 Å². The first-order chi connectivity index (χ1) is 36.1. The minimum absolute atomic E-state index is 0.0984. The first-order valence-electron chi connectivity index (χ1n) is 27.2. The Morgan fingerprint density at radius 1 is 0.701 bits per heavy atom. The van der Waals surface area contributed by atoms with Gasteiger partial charge in [-0.3, -0.25) is 4.79 Å². The number of rotatable bonds is 16. The molecule has 16 N–H and O–H groups in total. The summed E-state index contributed by atoms with van der Waals surface area (Å²) in [7, 11) is 0. The number of hydrogen-bond acceptors (Lipinski definition) is 24. The number of fused-ring (bicyclic) bond motifs is 6. The summed E-state index contributed by atoms with van der Waals surface area (Å²) in [6.07, 6.45) is -23.2. The van der Waals surface area contributed by atoms with Gasteiger partial charge in [0.2, 0.25) is 0 Å². The Balaban J connectivity index is 1.000. The van der Waals surface area contributed by atoms with Crippen molar-refractivity contribution in [2.75, 3.05) is 39.6 Å². The normalized spacial score (nSPS) is 51.1. The Kier molecular flexibility index (Phi) is 18.0. The molecule has 3 saturated heterocycles. The summed E-state index contributed by atoms with van der Waals surface area (Å²) in [4.78, 5) is 14.3. The van der Waals surface area contributed by atoms with Gasteiger partial charge in [-0.1, -0.05) is 45.4 Å². The Hall–Kier alpha value is -1.93. The molecule has 3 aliphatic heterocycles. The number of carbonyl (C=O) groups is 1. The lowest BCUT2D eigenvalue weighted by Gasteiger charge is -2.70. The highest BCUT2D eigenvalue weighted by Gasteiger charge is 2.69. The van der Waals surface area contributed by atoms with Gasteiger partial charge in [0.25, 0.3) is 0 Å². The predicted molar refractivity (Wildman–Crippen MR) is 262 cm³/mol. The van der Waals surface area contributed by atoms with Gasteiger partial charge in [-0.25, -0.2) is 0 Å². The molecule has 8 rings (SSSR count). The second-order valence-corrected chi connectivity index (χ2v) is 24.9. The summed E-state index contributed by atoms with van der Waals surface area (Å²) in [5.74, 6) is -0.960. The van der Waals surface area contributed by atoms with E-state index in [2.05, 4.69) is 32.9 Å². The summed E-state index contributed by atoms with van der Waals surface area (Å²) in [6.45, 7) is 8.23. The molecule has 0 bridgehead atoms. The maximum absolute atomic E-state index is 14.3. The van der Waals surface area contributed by atoms with E-state index in [0.717, 1.165) is 11.1 Å². The molecule has 5 aliphatic carbocycles. The first-order valence-corrected chi connectivity index (χ1v) is 27.2. The topological polar surface area (TPSA) is 405 Å². The molecule has 0 unspecified atom stereocenters. The summed E-state index contributed by atoms with van der Waals surface area (Å²) in [5, 5.41) is 170. The van der Waals surface area contributed by atoms with Gasteiger partial charge in [0, 0.05) is 16.2 Å². The predicted octanol–water partition coefficient (Wildman–Crippen LogP) is -3.90. The molecule has 3 saturated carbocycles. The third-order valence-electron chi connectivity index (χ3n) is 20.6. The van der Waals surface area contributed by atoms with Crippen molar-refractivity contribution in [1.29, 1.82) is 0 Å². The number of ether oxygens (including phenoxy) is 7. The standard InChI is InChI=1S/C53H86O24/c1-23-34(61)43(77-45-41(68)38(65)36(63)28(18-55)74-45)42(69)46(73-23)76-33-10-11-49(3)30(50(33,4)21-56)9-12-51(5)31(49)8-7-24-25-15-48(2,13-14-53(25,22-57)32(60)16-52(24,51)6)47(70)72-20-29-37(64)39(66)40(67)44(75-29)71-19-27(59)35(62)26(58)17-54/h7-8,23,26-46,54-69H,9-22H2,1-6H3/t23-,26+,27+,28-,29-,30-,31+,32-,33+,34+,35+,36-,37-,38+,39+,40-,41-,42-,43+,44-,45+,46+,48+,49+,50+,51-,52-,53-/m1/s1. The fourth-order valence-electron chi connectivity index (χ4n) is 15.2. The van der Waals surface area contributed by atoms with Crippen LogP contribution in [0.4, 0.5) is 0 Å². The quantitative estimate of drug-likeness (QED) is 0.0519. The molecule has 77 heavy (non-hydrogen) atoms. The van der Waals surface area contributed by atoms with Gasteiger partial charge in [0.15, 0.2) is 18.9 Å². The zero-order chi connectivity index (χ0) is 56.7. The van der Waals surface area contributed by atoms with Crippen LogP contribution in [0.3, 0.4) is 0 Å². The minimum Gasteiger partial charge on any atom is -0.462 e. The van der Waals surface area contributed by atoms with E-state index in [1.54, 1.807) is 13.8 Å². The van der Waals surface area contributed by atoms with Gasteiger partial charge in [0.1, 0.15) is 92.1 Å². The highest BCUT2D eigenvalue weighted by Crippen LogP contribution is 2.74. The Bertz CT molecular complexity index is 2130. The van der Waals surface area contributed by atoms with Crippen molar-refractivity contribution in [3.63, 3.8) is 0 Å². The van der Waals surface area contributed by atoms with Gasteiger partial charge >= 0.3 is 5.97 Å². The van der Waals surface area contributed by atoms with Crippen LogP contribution < -0.4 is 0 Å². The van der Waals surface area contributed by atoms with E-state index in [1.807, 2.05) is 6.92 Å². The molecule has 0 spiro atoms. The zero-order valence-electron chi connectivity index (χ0n) is 44.7. The van der Waals surface area contributed by atoms with Crippen molar-refractivity contribution in [1.82, 2.24) is 0 Å². The molecule has 0 radical (unpaired) electrons. The third-order valence-corrected chi connectivity index (χ3v) is 20.6. The van der Waals surface area contributed by atoms with Crippen molar-refractivity contribution in [3.8, 4) is 0 Å². The molecule has 442 valence electrons. The van der Waals surface area contributed by atoms with Crippen LogP contribution in [-0.4, -0.2) is 250 Å². The van der Waals surface area contributed by atoms with Crippen LogP contribution in [0.5, 0.6) is 0 Å². The molecular formula is C53H86O24. The molecular weight excluding hydrogens is 1020 g/mol. The molecule has 0 aromatic heterocycles. The van der Waals surface area contributed by atoms with Crippen molar-refractivity contribution >= 4 is 5.97 Å². The fraction of sp³-hybridized carbons (Fsp3) is 0.906. The van der Waals surface area contributed by atoms with Gasteiger partial charge in [-0.05, 0) is 93.5 Å². The first kappa shape index (κ1) is 61.1. The van der Waals surface area contributed by atoms with Gasteiger partial charge in [-0.15, -0.1) is 0 Å². The average Bonchev–Trinajstić information content (AvgIpc) is 3.53. The molecule has 0 amide bonds. The van der Waals surface area contributed by atoms with E-state index in [9.17, 15) is 81.4 Å². The second-order valence-electron chi connectivity index (χ2n) is 24.9. The molecule has 0 aromatic rings. The van der Waals surface area contributed by atoms with E-state index in [1.165, 1.54) is 0 Å². The van der Waals surface area contributed by atoms with E-state index in [0.29, 0.717) is 32.1 Å². The molecule has 8 aliphatic rings. The minimum atomic E-state index is -1.84. The van der Waals surface area contributed by atoms with Gasteiger partial charge in [-0.2, -0.15) is 0 Å². The highest BCUT2D eigenvalue weighted by molar-refractivity contribution is 5.77. The third kappa shape index (κ3) is 10.1. The van der Waals surface area contributed by atoms with Crippen LogP contribution in [0.2, 0.25) is 0 Å². The summed E-state index contributed by atoms with van der Waals surface area (Å²) < 4.78 is 40.9. The lowest BCUT2D eigenvalue weighted by molar-refractivity contribution is -0.367. The molecule has 6 fully saturated rings. The second kappa shape index (κ2) is 22.7. The van der Waals surface area contributed by atoms with Crippen LogP contribution in [0.15, 0.2) is 23.3 Å². The molecule has 3 heterocycles. The lowest BCUT2D eigenvalue weighted by Crippen LogP contribution is -2.67. The maximum atomic E-state index is 14.3. The number of aliphatic hydroxyl groups is 16. The largest absolute Gasteiger partial charge is 0.462 e. The van der Waals surface area contributed by atoms with Crippen molar-refractivity contribution in [2.45, 2.75) is 216 Å². The molecule has 28 atom stereocenters.